The molecule has 2 heterocycles. The van der Waals surface area contributed by atoms with Crippen LogP contribution in [-0.2, 0) is 11.2 Å². The lowest BCUT2D eigenvalue weighted by molar-refractivity contribution is -0.133. The maximum atomic E-state index is 12.8. The molecule has 0 N–H and O–H groups in total. The molecule has 1 saturated heterocycles. The van der Waals surface area contributed by atoms with Crippen molar-refractivity contribution in [2.45, 2.75) is 32.7 Å². The fraction of sp³-hybridized carbons (Fsp3) is 0.320. The third-order valence-corrected chi connectivity index (χ3v) is 5.98. The van der Waals surface area contributed by atoms with Gasteiger partial charge in [-0.2, -0.15) is 0 Å². The number of carbonyl (C=O) groups is 1. The summed E-state index contributed by atoms with van der Waals surface area (Å²) >= 11 is 6.25. The third-order valence-electron chi connectivity index (χ3n) is 5.67. The molecule has 3 aromatic rings. The zero-order valence-electron chi connectivity index (χ0n) is 18.4. The zero-order chi connectivity index (χ0) is 22.5. The normalized spacial score (nSPS) is 16.2. The Bertz CT molecular complexity index is 1080. The van der Waals surface area contributed by atoms with Crippen molar-refractivity contribution >= 4 is 23.3 Å². The molecule has 1 amide bonds. The average molecular weight is 451 g/mol. The molecule has 1 aliphatic heterocycles. The first-order valence-corrected chi connectivity index (χ1v) is 11.2. The molecular weight excluding hydrogens is 424 g/mol. The van der Waals surface area contributed by atoms with Crippen molar-refractivity contribution in [1.82, 2.24) is 14.9 Å². The number of hydrogen-bond donors (Lipinski definition) is 0. The van der Waals surface area contributed by atoms with Gasteiger partial charge in [-0.3, -0.25) is 4.79 Å². The van der Waals surface area contributed by atoms with E-state index in [1.165, 1.54) is 11.9 Å². The minimum atomic E-state index is 0.0950. The monoisotopic (exact) mass is 450 g/mol. The summed E-state index contributed by atoms with van der Waals surface area (Å²) in [7, 11) is 0. The quantitative estimate of drug-likeness (QED) is 0.534. The molecule has 1 aromatic heterocycles. The number of benzene rings is 2. The van der Waals surface area contributed by atoms with Gasteiger partial charge >= 0.3 is 0 Å². The number of anilines is 1. The molecule has 1 fully saturated rings. The average Bonchev–Trinajstić information content (AvgIpc) is 2.81. The molecule has 4 rings (SSSR count). The summed E-state index contributed by atoms with van der Waals surface area (Å²) in [5.41, 5.74) is 2.25. The van der Waals surface area contributed by atoms with Crippen LogP contribution >= 0.6 is 11.6 Å². The Balaban J connectivity index is 1.37. The van der Waals surface area contributed by atoms with Crippen LogP contribution in [0, 0.1) is 6.92 Å². The van der Waals surface area contributed by atoms with Crippen molar-refractivity contribution in [1.29, 1.82) is 0 Å². The van der Waals surface area contributed by atoms with E-state index in [-0.39, 0.29) is 11.9 Å². The van der Waals surface area contributed by atoms with Gasteiger partial charge in [0.1, 0.15) is 17.9 Å². The summed E-state index contributed by atoms with van der Waals surface area (Å²) in [6, 6.07) is 17.7. The minimum absolute atomic E-state index is 0.0950. The van der Waals surface area contributed by atoms with Crippen molar-refractivity contribution in [2.75, 3.05) is 24.5 Å². The predicted octanol–water partition coefficient (Wildman–Crippen LogP) is 4.90. The van der Waals surface area contributed by atoms with E-state index in [0.717, 1.165) is 17.8 Å². The molecule has 0 bridgehead atoms. The smallest absolute Gasteiger partial charge is 0.224 e. The Hall–Kier alpha value is -3.12. The summed E-state index contributed by atoms with van der Waals surface area (Å²) < 4.78 is 5.91. The molecule has 0 saturated carbocycles. The lowest BCUT2D eigenvalue weighted by atomic mass is 10.1. The fourth-order valence-corrected chi connectivity index (χ4v) is 4.09. The highest BCUT2D eigenvalue weighted by atomic mass is 35.5. The molecule has 166 valence electrons. The summed E-state index contributed by atoms with van der Waals surface area (Å²) in [5, 5.41) is 0.534. The van der Waals surface area contributed by atoms with Crippen molar-refractivity contribution in [2.24, 2.45) is 0 Å². The summed E-state index contributed by atoms with van der Waals surface area (Å²) in [6.07, 6.45) is 2.79. The van der Waals surface area contributed by atoms with Crippen molar-refractivity contribution in [3.8, 4) is 11.6 Å². The van der Waals surface area contributed by atoms with E-state index in [4.69, 9.17) is 16.3 Å². The van der Waals surface area contributed by atoms with Crippen LogP contribution in [-0.4, -0.2) is 46.5 Å². The van der Waals surface area contributed by atoms with Gasteiger partial charge in [-0.05, 0) is 43.5 Å². The first-order valence-electron chi connectivity index (χ1n) is 10.8. The number of carbonyl (C=O) groups excluding carboxylic acids is 1. The predicted molar refractivity (Wildman–Crippen MR) is 126 cm³/mol. The van der Waals surface area contributed by atoms with Crippen LogP contribution in [0.3, 0.4) is 0 Å². The lowest BCUT2D eigenvalue weighted by Gasteiger charge is -2.40. The molecule has 32 heavy (non-hydrogen) atoms. The number of piperazine rings is 1. The van der Waals surface area contributed by atoms with Crippen LogP contribution in [0.1, 0.15) is 24.5 Å². The topological polar surface area (TPSA) is 58.6 Å². The number of aromatic nitrogens is 2. The second kappa shape index (κ2) is 10.0. The first kappa shape index (κ1) is 22.1. The number of amides is 1. The molecule has 1 atom stereocenters. The van der Waals surface area contributed by atoms with E-state index in [1.807, 2.05) is 54.3 Å². The van der Waals surface area contributed by atoms with Gasteiger partial charge < -0.3 is 14.5 Å². The largest absolute Gasteiger partial charge is 0.437 e. The number of halogens is 1. The standard InChI is InChI=1S/C25H27ClN4O2/c1-18-8-10-21(26)22(14-18)32-24-15-23(27-17-28-24)29-12-13-30(19(2)16-29)25(31)11-9-20-6-4-3-5-7-20/h3-8,10,14-15,17,19H,9,11-13,16H2,1-2H3/t19-/m1/s1. The highest BCUT2D eigenvalue weighted by Gasteiger charge is 2.28. The second-order valence-electron chi connectivity index (χ2n) is 8.12. The second-order valence-corrected chi connectivity index (χ2v) is 8.53. The SMILES string of the molecule is Cc1ccc(Cl)c(Oc2cc(N3CCN(C(=O)CCc4ccccc4)[C@H](C)C3)ncn2)c1. The maximum absolute atomic E-state index is 12.8. The van der Waals surface area contributed by atoms with Crippen LogP contribution in [0.25, 0.3) is 0 Å². The molecule has 6 nitrogen and oxygen atoms in total. The summed E-state index contributed by atoms with van der Waals surface area (Å²) in [4.78, 5) is 25.6. The molecule has 2 aromatic carbocycles. The van der Waals surface area contributed by atoms with Gasteiger partial charge in [0.15, 0.2) is 0 Å². The maximum Gasteiger partial charge on any atom is 0.224 e. The van der Waals surface area contributed by atoms with E-state index >= 15 is 0 Å². The molecule has 0 spiro atoms. The number of nitrogens with zero attached hydrogens (tertiary/aromatic N) is 4. The van der Waals surface area contributed by atoms with E-state index < -0.39 is 0 Å². The Morgan fingerprint density at radius 1 is 1.12 bits per heavy atom. The van der Waals surface area contributed by atoms with Gasteiger partial charge in [-0.25, -0.2) is 9.97 Å². The van der Waals surface area contributed by atoms with E-state index in [9.17, 15) is 4.79 Å². The highest BCUT2D eigenvalue weighted by molar-refractivity contribution is 6.32. The van der Waals surface area contributed by atoms with Crippen molar-refractivity contribution in [3.63, 3.8) is 0 Å². The number of rotatable bonds is 6. The van der Waals surface area contributed by atoms with E-state index in [2.05, 4.69) is 33.9 Å². The highest BCUT2D eigenvalue weighted by Crippen LogP contribution is 2.30. The molecule has 0 aliphatic carbocycles. The molecule has 0 radical (unpaired) electrons. The molecule has 0 unspecified atom stereocenters. The van der Waals surface area contributed by atoms with Gasteiger partial charge in [-0.15, -0.1) is 0 Å². The lowest BCUT2D eigenvalue weighted by Crippen LogP contribution is -2.54. The van der Waals surface area contributed by atoms with Crippen LogP contribution in [0.4, 0.5) is 5.82 Å². The zero-order valence-corrected chi connectivity index (χ0v) is 19.1. The first-order chi connectivity index (χ1) is 15.5. The van der Waals surface area contributed by atoms with Gasteiger partial charge in [-0.1, -0.05) is 48.0 Å². The van der Waals surface area contributed by atoms with Crippen LogP contribution in [0.5, 0.6) is 11.6 Å². The molecule has 1 aliphatic rings. The summed E-state index contributed by atoms with van der Waals surface area (Å²) in [6.45, 7) is 6.15. The van der Waals surface area contributed by atoms with Gasteiger partial charge in [0.2, 0.25) is 11.8 Å². The third kappa shape index (κ3) is 5.37. The summed E-state index contributed by atoms with van der Waals surface area (Å²) in [5.74, 6) is 1.99. The Morgan fingerprint density at radius 3 is 2.72 bits per heavy atom. The van der Waals surface area contributed by atoms with Crippen LogP contribution < -0.4 is 9.64 Å². The number of aryl methyl sites for hydroxylation is 2. The van der Waals surface area contributed by atoms with Crippen molar-refractivity contribution < 1.29 is 9.53 Å². The number of hydrogen-bond acceptors (Lipinski definition) is 5. The molecule has 7 heteroatoms. The molecular formula is C25H27ClN4O2. The van der Waals surface area contributed by atoms with Gasteiger partial charge in [0, 0.05) is 38.2 Å². The Kier molecular flexibility index (Phi) is 6.90. The van der Waals surface area contributed by atoms with E-state index in [0.29, 0.717) is 42.7 Å². The van der Waals surface area contributed by atoms with E-state index in [1.54, 1.807) is 0 Å². The van der Waals surface area contributed by atoms with Crippen molar-refractivity contribution in [3.05, 3.63) is 77.1 Å². The van der Waals surface area contributed by atoms with Crippen LogP contribution in [0.2, 0.25) is 5.02 Å². The Labute approximate surface area is 193 Å². The number of ether oxygens (including phenoxy) is 1. The Morgan fingerprint density at radius 2 is 1.94 bits per heavy atom. The van der Waals surface area contributed by atoms with Gasteiger partial charge in [0.25, 0.3) is 0 Å². The minimum Gasteiger partial charge on any atom is -0.437 e. The van der Waals surface area contributed by atoms with Crippen LogP contribution in [0.15, 0.2) is 60.9 Å². The van der Waals surface area contributed by atoms with Gasteiger partial charge in [0.05, 0.1) is 5.02 Å². The fourth-order valence-electron chi connectivity index (χ4n) is 3.94.